The minimum absolute atomic E-state index is 0.618. The first-order valence-corrected chi connectivity index (χ1v) is 16.4. The van der Waals surface area contributed by atoms with Crippen molar-refractivity contribution in [2.24, 2.45) is 0 Å². The Labute approximate surface area is 284 Å². The fourth-order valence-electron chi connectivity index (χ4n) is 6.37. The molecule has 0 N–H and O–H groups in total. The third kappa shape index (κ3) is 5.56. The Morgan fingerprint density at radius 1 is 0.265 bits per heavy atom. The number of rotatable bonds is 6. The SMILES string of the molecule is c1ccc(-c2ccc(-c3ccc(-c4ccc5oc6ccc(-c7nc(-c8ccccc8)nc(-c8ccccc8)n7)cc6c5c4)cc3)cc2)cc1. The molecule has 0 atom stereocenters. The van der Waals surface area contributed by atoms with Crippen molar-refractivity contribution >= 4 is 21.9 Å². The smallest absolute Gasteiger partial charge is 0.164 e. The van der Waals surface area contributed by atoms with Gasteiger partial charge < -0.3 is 4.42 Å². The van der Waals surface area contributed by atoms with Crippen molar-refractivity contribution in [2.75, 3.05) is 0 Å². The molecule has 0 aliphatic rings. The lowest BCUT2D eigenvalue weighted by atomic mass is 9.97. The van der Waals surface area contributed by atoms with E-state index in [1.54, 1.807) is 0 Å². The number of hydrogen-bond acceptors (Lipinski definition) is 4. The molecule has 0 saturated heterocycles. The standard InChI is InChI=1S/C45H29N3O/c1-4-10-30(11-5-1)31-16-18-32(19-17-31)33-20-22-34(23-21-33)37-24-26-41-39(28-37)40-29-38(25-27-42(40)49-41)45-47-43(35-12-6-2-7-13-35)46-44(48-45)36-14-8-3-9-15-36/h1-29H. The maximum atomic E-state index is 6.29. The summed E-state index contributed by atoms with van der Waals surface area (Å²) in [6.07, 6.45) is 0. The summed E-state index contributed by atoms with van der Waals surface area (Å²) in [6, 6.07) is 60.6. The van der Waals surface area contributed by atoms with E-state index in [1.807, 2.05) is 78.9 Å². The molecule has 7 aromatic carbocycles. The van der Waals surface area contributed by atoms with Crippen LogP contribution < -0.4 is 0 Å². The van der Waals surface area contributed by atoms with Crippen LogP contribution >= 0.6 is 0 Å². The van der Waals surface area contributed by atoms with Crippen LogP contribution in [0.3, 0.4) is 0 Å². The number of furan rings is 1. The Morgan fingerprint density at radius 2 is 0.571 bits per heavy atom. The predicted octanol–water partition coefficient (Wildman–Crippen LogP) is 11.8. The largest absolute Gasteiger partial charge is 0.456 e. The Kier molecular flexibility index (Phi) is 7.10. The lowest BCUT2D eigenvalue weighted by Crippen LogP contribution is -2.00. The zero-order valence-corrected chi connectivity index (χ0v) is 26.5. The lowest BCUT2D eigenvalue weighted by molar-refractivity contribution is 0.669. The van der Waals surface area contributed by atoms with E-state index in [-0.39, 0.29) is 0 Å². The highest BCUT2D eigenvalue weighted by atomic mass is 16.3. The summed E-state index contributed by atoms with van der Waals surface area (Å²) in [6.45, 7) is 0. The highest BCUT2D eigenvalue weighted by Gasteiger charge is 2.15. The van der Waals surface area contributed by atoms with Gasteiger partial charge in [-0.1, -0.05) is 146 Å². The van der Waals surface area contributed by atoms with Gasteiger partial charge in [-0.3, -0.25) is 0 Å². The summed E-state index contributed by atoms with van der Waals surface area (Å²) in [5.74, 6) is 1.89. The van der Waals surface area contributed by atoms with Gasteiger partial charge in [0.15, 0.2) is 17.5 Å². The Balaban J connectivity index is 1.07. The zero-order valence-electron chi connectivity index (χ0n) is 26.5. The van der Waals surface area contributed by atoms with Crippen LogP contribution in [0.4, 0.5) is 0 Å². The molecule has 0 spiro atoms. The summed E-state index contributed by atoms with van der Waals surface area (Å²) in [5, 5.41) is 2.07. The highest BCUT2D eigenvalue weighted by molar-refractivity contribution is 6.07. The second-order valence-corrected chi connectivity index (χ2v) is 12.1. The Morgan fingerprint density at radius 3 is 1.02 bits per heavy atom. The van der Waals surface area contributed by atoms with Gasteiger partial charge in [0.1, 0.15) is 11.2 Å². The molecule has 49 heavy (non-hydrogen) atoms. The molecule has 0 bridgehead atoms. The van der Waals surface area contributed by atoms with Crippen molar-refractivity contribution < 1.29 is 4.42 Å². The van der Waals surface area contributed by atoms with Crippen molar-refractivity contribution in [3.63, 3.8) is 0 Å². The monoisotopic (exact) mass is 627 g/mol. The third-order valence-corrected chi connectivity index (χ3v) is 8.97. The number of aromatic nitrogens is 3. The van der Waals surface area contributed by atoms with Crippen LogP contribution in [0.2, 0.25) is 0 Å². The molecule has 0 saturated carbocycles. The van der Waals surface area contributed by atoms with Gasteiger partial charge in [0.25, 0.3) is 0 Å². The minimum Gasteiger partial charge on any atom is -0.456 e. The topological polar surface area (TPSA) is 51.8 Å². The molecule has 0 fully saturated rings. The fourth-order valence-corrected chi connectivity index (χ4v) is 6.37. The van der Waals surface area contributed by atoms with Gasteiger partial charge in [-0.15, -0.1) is 0 Å². The fraction of sp³-hybridized carbons (Fsp3) is 0. The molecule has 9 rings (SSSR count). The van der Waals surface area contributed by atoms with Crippen LogP contribution in [0.1, 0.15) is 0 Å². The molecule has 0 aliphatic heterocycles. The van der Waals surface area contributed by atoms with Gasteiger partial charge in [0.05, 0.1) is 0 Å². The molecule has 2 heterocycles. The van der Waals surface area contributed by atoms with E-state index in [9.17, 15) is 0 Å². The molecular weight excluding hydrogens is 599 g/mol. The van der Waals surface area contributed by atoms with Crippen molar-refractivity contribution in [3.05, 3.63) is 176 Å². The van der Waals surface area contributed by atoms with Gasteiger partial charge in [0, 0.05) is 27.5 Å². The third-order valence-electron chi connectivity index (χ3n) is 8.97. The molecule has 9 aromatic rings. The Hall–Kier alpha value is -6.65. The lowest BCUT2D eigenvalue weighted by Gasteiger charge is -2.08. The average Bonchev–Trinajstić information content (AvgIpc) is 3.56. The van der Waals surface area contributed by atoms with E-state index >= 15 is 0 Å². The van der Waals surface area contributed by atoms with Crippen molar-refractivity contribution in [1.29, 1.82) is 0 Å². The van der Waals surface area contributed by atoms with E-state index in [2.05, 4.69) is 97.1 Å². The number of hydrogen-bond donors (Lipinski definition) is 0. The number of benzene rings is 7. The van der Waals surface area contributed by atoms with E-state index in [1.165, 1.54) is 22.3 Å². The van der Waals surface area contributed by atoms with Crippen LogP contribution in [-0.4, -0.2) is 15.0 Å². The van der Waals surface area contributed by atoms with Crippen LogP contribution in [0.25, 0.3) is 89.5 Å². The quantitative estimate of drug-likeness (QED) is 0.184. The summed E-state index contributed by atoms with van der Waals surface area (Å²) in [7, 11) is 0. The number of nitrogens with zero attached hydrogens (tertiary/aromatic N) is 3. The molecule has 2 aromatic heterocycles. The second-order valence-electron chi connectivity index (χ2n) is 12.1. The second kappa shape index (κ2) is 12.2. The summed E-state index contributed by atoms with van der Waals surface area (Å²) in [5.41, 5.74) is 11.6. The molecular formula is C45H29N3O. The first-order chi connectivity index (χ1) is 24.2. The molecule has 230 valence electrons. The van der Waals surface area contributed by atoms with Crippen LogP contribution in [0, 0.1) is 0 Å². The minimum atomic E-state index is 0.618. The zero-order chi connectivity index (χ0) is 32.6. The number of fused-ring (bicyclic) bond motifs is 3. The molecule has 4 heteroatoms. The van der Waals surface area contributed by atoms with E-state index in [0.717, 1.165) is 49.8 Å². The van der Waals surface area contributed by atoms with Crippen LogP contribution in [0.15, 0.2) is 180 Å². The highest BCUT2D eigenvalue weighted by Crippen LogP contribution is 2.36. The molecule has 4 nitrogen and oxygen atoms in total. The van der Waals surface area contributed by atoms with Crippen molar-refractivity contribution in [3.8, 4) is 67.5 Å². The van der Waals surface area contributed by atoms with E-state index in [4.69, 9.17) is 19.4 Å². The van der Waals surface area contributed by atoms with Gasteiger partial charge >= 0.3 is 0 Å². The molecule has 0 amide bonds. The first-order valence-electron chi connectivity index (χ1n) is 16.4. The summed E-state index contributed by atoms with van der Waals surface area (Å²) >= 11 is 0. The molecule has 0 radical (unpaired) electrons. The predicted molar refractivity (Wildman–Crippen MR) is 200 cm³/mol. The maximum absolute atomic E-state index is 6.29. The van der Waals surface area contributed by atoms with Gasteiger partial charge in [0.2, 0.25) is 0 Å². The van der Waals surface area contributed by atoms with E-state index in [0.29, 0.717) is 17.5 Å². The molecule has 0 unspecified atom stereocenters. The normalized spacial score (nSPS) is 11.3. The van der Waals surface area contributed by atoms with Crippen molar-refractivity contribution in [1.82, 2.24) is 15.0 Å². The molecule has 0 aliphatic carbocycles. The maximum Gasteiger partial charge on any atom is 0.164 e. The van der Waals surface area contributed by atoms with Crippen molar-refractivity contribution in [2.45, 2.75) is 0 Å². The van der Waals surface area contributed by atoms with Gasteiger partial charge in [-0.05, 0) is 63.7 Å². The van der Waals surface area contributed by atoms with Gasteiger partial charge in [-0.25, -0.2) is 15.0 Å². The van der Waals surface area contributed by atoms with E-state index < -0.39 is 0 Å². The van der Waals surface area contributed by atoms with Crippen LogP contribution in [0.5, 0.6) is 0 Å². The first kappa shape index (κ1) is 28.6. The Bertz CT molecular complexity index is 2500. The average molecular weight is 628 g/mol. The van der Waals surface area contributed by atoms with Crippen LogP contribution in [-0.2, 0) is 0 Å². The summed E-state index contributed by atoms with van der Waals surface area (Å²) in [4.78, 5) is 14.7. The summed E-state index contributed by atoms with van der Waals surface area (Å²) < 4.78 is 6.29. The van der Waals surface area contributed by atoms with Gasteiger partial charge in [-0.2, -0.15) is 0 Å².